The van der Waals surface area contributed by atoms with E-state index in [0.29, 0.717) is 18.4 Å². The van der Waals surface area contributed by atoms with Crippen molar-refractivity contribution in [2.45, 2.75) is 97.0 Å². The third kappa shape index (κ3) is 6.93. The molecule has 0 fully saturated rings. The first kappa shape index (κ1) is 24.1. The van der Waals surface area contributed by atoms with E-state index in [9.17, 15) is 14.4 Å². The van der Waals surface area contributed by atoms with Crippen LogP contribution >= 0.6 is 0 Å². The third-order valence-corrected chi connectivity index (χ3v) is 5.52. The zero-order valence-electron chi connectivity index (χ0n) is 18.0. The average Bonchev–Trinajstić information content (AvgIpc) is 2.65. The molecular weight excluding hydrogens is 353 g/mol. The van der Waals surface area contributed by atoms with E-state index < -0.39 is 5.41 Å². The van der Waals surface area contributed by atoms with Crippen LogP contribution in [0.3, 0.4) is 0 Å². The van der Waals surface area contributed by atoms with Gasteiger partial charge < -0.3 is 4.74 Å². The van der Waals surface area contributed by atoms with Crippen molar-refractivity contribution in [1.29, 1.82) is 5.26 Å². The van der Waals surface area contributed by atoms with Crippen molar-refractivity contribution >= 4 is 5.97 Å². The van der Waals surface area contributed by atoms with E-state index in [-0.39, 0.29) is 23.8 Å². The van der Waals surface area contributed by atoms with Crippen LogP contribution in [0.1, 0.15) is 91.0 Å². The molecule has 0 amide bonds. The Morgan fingerprint density at radius 3 is 2.39 bits per heavy atom. The van der Waals surface area contributed by atoms with Gasteiger partial charge in [-0.2, -0.15) is 5.26 Å². The first-order valence-electron chi connectivity index (χ1n) is 10.8. The first-order valence-corrected chi connectivity index (χ1v) is 10.8. The molecule has 4 heteroatoms. The summed E-state index contributed by atoms with van der Waals surface area (Å²) in [6.45, 7) is 7.73. The molecule has 3 nitrogen and oxygen atoms in total. The fourth-order valence-electron chi connectivity index (χ4n) is 4.23. The van der Waals surface area contributed by atoms with Crippen LogP contribution in [0.2, 0.25) is 0 Å². The number of halogens is 1. The number of nitriles is 1. The second kappa shape index (κ2) is 12.5. The smallest absolute Gasteiger partial charge is 0.302 e. The molecule has 3 atom stereocenters. The van der Waals surface area contributed by atoms with E-state index in [1.807, 2.05) is 13.0 Å². The Labute approximate surface area is 170 Å². The quantitative estimate of drug-likeness (QED) is 0.278. The number of benzene rings is 1. The topological polar surface area (TPSA) is 50.1 Å². The number of rotatable bonds is 13. The zero-order valence-corrected chi connectivity index (χ0v) is 18.0. The Kier molecular flexibility index (Phi) is 10.8. The van der Waals surface area contributed by atoms with Crippen molar-refractivity contribution in [2.75, 3.05) is 0 Å². The van der Waals surface area contributed by atoms with E-state index in [1.54, 1.807) is 6.07 Å². The number of unbranched alkanes of at least 4 members (excludes halogenated alkanes) is 2. The van der Waals surface area contributed by atoms with E-state index >= 15 is 0 Å². The summed E-state index contributed by atoms with van der Waals surface area (Å²) in [5.41, 5.74) is -0.153. The van der Waals surface area contributed by atoms with Crippen LogP contribution in [-0.4, -0.2) is 12.1 Å². The molecule has 0 saturated heterocycles. The molecule has 0 saturated carbocycles. The highest BCUT2D eigenvalue weighted by Gasteiger charge is 2.42. The summed E-state index contributed by atoms with van der Waals surface area (Å²) in [6, 6.07) is 9.00. The van der Waals surface area contributed by atoms with Crippen LogP contribution in [0.15, 0.2) is 24.3 Å². The number of esters is 1. The summed E-state index contributed by atoms with van der Waals surface area (Å²) in [6.07, 6.45) is 7.69. The second-order valence-corrected chi connectivity index (χ2v) is 7.80. The van der Waals surface area contributed by atoms with E-state index in [1.165, 1.54) is 19.1 Å². The van der Waals surface area contributed by atoms with Crippen LogP contribution in [0.4, 0.5) is 4.39 Å². The molecule has 1 aromatic carbocycles. The highest BCUT2D eigenvalue weighted by atomic mass is 19.1. The number of nitrogens with zero attached hydrogens (tertiary/aromatic N) is 1. The minimum Gasteiger partial charge on any atom is -0.462 e. The Morgan fingerprint density at radius 1 is 1.14 bits per heavy atom. The lowest BCUT2D eigenvalue weighted by Gasteiger charge is -2.38. The van der Waals surface area contributed by atoms with Crippen LogP contribution in [-0.2, 0) is 14.9 Å². The van der Waals surface area contributed by atoms with Gasteiger partial charge in [0.2, 0.25) is 0 Å². The number of hydrogen-bond donors (Lipinski definition) is 0. The average molecular weight is 390 g/mol. The fraction of sp³-hybridized carbons (Fsp3) is 0.667. The number of carbonyl (C=O) groups is 1. The molecule has 0 aliphatic carbocycles. The van der Waals surface area contributed by atoms with Gasteiger partial charge in [-0.25, -0.2) is 4.39 Å². The molecule has 0 aliphatic heterocycles. The summed E-state index contributed by atoms with van der Waals surface area (Å²) in [5.74, 6) is -0.561. The predicted molar refractivity (Wildman–Crippen MR) is 111 cm³/mol. The Bertz CT molecular complexity index is 640. The third-order valence-electron chi connectivity index (χ3n) is 5.52. The summed E-state index contributed by atoms with van der Waals surface area (Å²) in [4.78, 5) is 11.6. The van der Waals surface area contributed by atoms with Crippen LogP contribution in [0, 0.1) is 23.1 Å². The van der Waals surface area contributed by atoms with Gasteiger partial charge in [0.1, 0.15) is 11.9 Å². The largest absolute Gasteiger partial charge is 0.462 e. The minimum absolute atomic E-state index is 0.103. The Balaban J connectivity index is 3.39. The minimum atomic E-state index is -0.860. The van der Waals surface area contributed by atoms with Crippen LogP contribution in [0.5, 0.6) is 0 Å². The Hall–Kier alpha value is -1.89. The molecule has 0 bridgehead atoms. The first-order chi connectivity index (χ1) is 13.4. The van der Waals surface area contributed by atoms with E-state index in [4.69, 9.17) is 4.74 Å². The van der Waals surface area contributed by atoms with Crippen molar-refractivity contribution in [3.05, 3.63) is 35.6 Å². The van der Waals surface area contributed by atoms with E-state index in [2.05, 4.69) is 19.9 Å². The molecule has 0 N–H and O–H groups in total. The molecule has 1 aromatic rings. The Morgan fingerprint density at radius 2 is 1.86 bits per heavy atom. The van der Waals surface area contributed by atoms with Gasteiger partial charge in [0, 0.05) is 13.3 Å². The predicted octanol–water partition coefficient (Wildman–Crippen LogP) is 6.71. The molecule has 3 unspecified atom stereocenters. The van der Waals surface area contributed by atoms with Gasteiger partial charge in [-0.1, -0.05) is 65.0 Å². The maximum atomic E-state index is 14.1. The van der Waals surface area contributed by atoms with Gasteiger partial charge in [-0.15, -0.1) is 0 Å². The standard InChI is InChI=1S/C24H36FNO2/c1-5-8-9-13-20(11-6-2)24(18-26,21-14-10-15-22(25)16-21)17-23(12-7-3)28-19(4)27/h10,14-16,20,23H,5-9,11-13,17H2,1-4H3. The van der Waals surface area contributed by atoms with Crippen molar-refractivity contribution in [1.82, 2.24) is 0 Å². The van der Waals surface area contributed by atoms with Crippen molar-refractivity contribution in [3.8, 4) is 6.07 Å². The van der Waals surface area contributed by atoms with Crippen molar-refractivity contribution in [3.63, 3.8) is 0 Å². The molecule has 156 valence electrons. The zero-order chi connectivity index (χ0) is 21.0. The van der Waals surface area contributed by atoms with Crippen molar-refractivity contribution < 1.29 is 13.9 Å². The van der Waals surface area contributed by atoms with Crippen molar-refractivity contribution in [2.24, 2.45) is 5.92 Å². The van der Waals surface area contributed by atoms with Gasteiger partial charge in [0.25, 0.3) is 0 Å². The molecule has 0 aliphatic rings. The normalized spacial score (nSPS) is 15.3. The van der Waals surface area contributed by atoms with Gasteiger partial charge in [0.15, 0.2) is 0 Å². The maximum absolute atomic E-state index is 14.1. The van der Waals surface area contributed by atoms with Gasteiger partial charge >= 0.3 is 5.97 Å². The SMILES string of the molecule is CCCCCC(CCC)C(C#N)(CC(CCC)OC(C)=O)c1cccc(F)c1. The second-order valence-electron chi connectivity index (χ2n) is 7.80. The van der Waals surface area contributed by atoms with Crippen LogP contribution < -0.4 is 0 Å². The maximum Gasteiger partial charge on any atom is 0.302 e. The van der Waals surface area contributed by atoms with Gasteiger partial charge in [-0.05, 0) is 42.9 Å². The molecular formula is C24H36FNO2. The van der Waals surface area contributed by atoms with Gasteiger partial charge in [-0.3, -0.25) is 4.79 Å². The molecule has 0 spiro atoms. The highest BCUT2D eigenvalue weighted by Crippen LogP contribution is 2.43. The summed E-state index contributed by atoms with van der Waals surface area (Å²) < 4.78 is 19.7. The monoisotopic (exact) mass is 389 g/mol. The molecule has 0 heterocycles. The lowest BCUT2D eigenvalue weighted by molar-refractivity contribution is -0.147. The molecule has 0 aromatic heterocycles. The highest BCUT2D eigenvalue weighted by molar-refractivity contribution is 5.66. The molecule has 1 rings (SSSR count). The summed E-state index contributed by atoms with van der Waals surface area (Å²) in [7, 11) is 0. The fourth-order valence-corrected chi connectivity index (χ4v) is 4.23. The summed E-state index contributed by atoms with van der Waals surface area (Å²) in [5, 5.41) is 10.4. The van der Waals surface area contributed by atoms with E-state index in [0.717, 1.165) is 44.9 Å². The summed E-state index contributed by atoms with van der Waals surface area (Å²) >= 11 is 0. The number of carbonyl (C=O) groups excluding carboxylic acids is 1. The van der Waals surface area contributed by atoms with Gasteiger partial charge in [0.05, 0.1) is 11.5 Å². The molecule has 0 radical (unpaired) electrons. The lowest BCUT2D eigenvalue weighted by Crippen LogP contribution is -2.39. The molecule has 28 heavy (non-hydrogen) atoms. The number of hydrogen-bond acceptors (Lipinski definition) is 3. The lowest BCUT2D eigenvalue weighted by atomic mass is 9.64. The van der Waals surface area contributed by atoms with Crippen LogP contribution in [0.25, 0.3) is 0 Å². The number of ether oxygens (including phenoxy) is 1.